The van der Waals surface area contributed by atoms with Crippen molar-refractivity contribution in [2.45, 2.75) is 38.1 Å². The minimum absolute atomic E-state index is 0. The molecule has 1 aliphatic carbocycles. The summed E-state index contributed by atoms with van der Waals surface area (Å²) in [5.74, 6) is 1.70. The molecule has 5 aromatic rings. The lowest BCUT2D eigenvalue weighted by Gasteiger charge is -2.22. The van der Waals surface area contributed by atoms with E-state index in [4.69, 9.17) is 14.7 Å². The van der Waals surface area contributed by atoms with Gasteiger partial charge in [-0.3, -0.25) is 14.9 Å². The van der Waals surface area contributed by atoms with E-state index < -0.39 is 0 Å². The highest BCUT2D eigenvalue weighted by Gasteiger charge is 2.16. The second-order valence-corrected chi connectivity index (χ2v) is 9.70. The molecule has 212 valence electrons. The maximum absolute atomic E-state index is 12.4. The average Bonchev–Trinajstić information content (AvgIpc) is 3.52. The number of nitrogens with one attached hydrogen (secondary N) is 3. The molecule has 3 N–H and O–H groups in total. The quantitative estimate of drug-likeness (QED) is 0.188. The van der Waals surface area contributed by atoms with E-state index in [1.54, 1.807) is 18.6 Å². The Bertz CT molecular complexity index is 1570. The van der Waals surface area contributed by atoms with Gasteiger partial charge < -0.3 is 15.4 Å². The van der Waals surface area contributed by atoms with Crippen LogP contribution in [0.2, 0.25) is 0 Å². The molecule has 0 saturated heterocycles. The number of fused-ring (bicyclic) bond motifs is 1. The number of anilines is 2. The van der Waals surface area contributed by atoms with Gasteiger partial charge in [0.05, 0.1) is 17.9 Å². The number of nitrogens with zero attached hydrogens (tertiary/aromatic N) is 4. The summed E-state index contributed by atoms with van der Waals surface area (Å²) in [6.07, 6.45) is 12.8. The Morgan fingerprint density at radius 2 is 1.76 bits per heavy atom. The van der Waals surface area contributed by atoms with Crippen LogP contribution in [0.25, 0.3) is 33.4 Å². The molecule has 2 aromatic carbocycles. The summed E-state index contributed by atoms with van der Waals surface area (Å²) >= 11 is 0. The Morgan fingerprint density at radius 3 is 2.54 bits per heavy atom. The first kappa shape index (κ1) is 29.8. The van der Waals surface area contributed by atoms with Gasteiger partial charge in [-0.05, 0) is 48.7 Å². The highest BCUT2D eigenvalue weighted by molar-refractivity contribution is 5.91. The van der Waals surface area contributed by atoms with Crippen LogP contribution >= 0.6 is 24.8 Å². The molecule has 0 atom stereocenters. The predicted molar refractivity (Wildman–Crippen MR) is 165 cm³/mol. The minimum atomic E-state index is -0.0920. The lowest BCUT2D eigenvalue weighted by atomic mass is 9.95. The summed E-state index contributed by atoms with van der Waals surface area (Å²) in [4.78, 5) is 26.3. The zero-order valence-corrected chi connectivity index (χ0v) is 23.9. The first-order valence-corrected chi connectivity index (χ1v) is 13.2. The van der Waals surface area contributed by atoms with Gasteiger partial charge in [0, 0.05) is 40.6 Å². The monoisotopic (exact) mass is 591 g/mol. The number of aromatic nitrogens is 5. The Kier molecular flexibility index (Phi) is 10.1. The summed E-state index contributed by atoms with van der Waals surface area (Å²) in [6.45, 7) is -0.0237. The van der Waals surface area contributed by atoms with Crippen molar-refractivity contribution in [3.63, 3.8) is 0 Å². The molecule has 41 heavy (non-hydrogen) atoms. The third kappa shape index (κ3) is 7.31. The number of rotatable bonds is 8. The van der Waals surface area contributed by atoms with E-state index in [0.717, 1.165) is 46.1 Å². The van der Waals surface area contributed by atoms with Gasteiger partial charge in [-0.2, -0.15) is 5.10 Å². The number of halogens is 2. The van der Waals surface area contributed by atoms with Crippen LogP contribution in [0.1, 0.15) is 32.1 Å². The topological polar surface area (TPSA) is 118 Å². The summed E-state index contributed by atoms with van der Waals surface area (Å²) < 4.78 is 5.82. The molecule has 0 unspecified atom stereocenters. The van der Waals surface area contributed by atoms with Gasteiger partial charge in [-0.15, -0.1) is 24.8 Å². The van der Waals surface area contributed by atoms with E-state index in [9.17, 15) is 4.79 Å². The zero-order chi connectivity index (χ0) is 26.4. The van der Waals surface area contributed by atoms with Crippen LogP contribution in [-0.4, -0.2) is 43.7 Å². The molecule has 1 fully saturated rings. The number of pyridine rings is 1. The van der Waals surface area contributed by atoms with E-state index in [-0.39, 0.29) is 43.4 Å². The van der Waals surface area contributed by atoms with Crippen molar-refractivity contribution < 1.29 is 9.53 Å². The summed E-state index contributed by atoms with van der Waals surface area (Å²) in [5.41, 5.74) is 4.49. The van der Waals surface area contributed by atoms with Gasteiger partial charge in [0.1, 0.15) is 11.6 Å². The van der Waals surface area contributed by atoms with Crippen LogP contribution in [0.3, 0.4) is 0 Å². The second kappa shape index (κ2) is 13.9. The number of aromatic amines is 1. The third-order valence-corrected chi connectivity index (χ3v) is 6.91. The van der Waals surface area contributed by atoms with Crippen molar-refractivity contribution in [3.05, 3.63) is 79.4 Å². The Balaban J connectivity index is 0.00000194. The highest BCUT2D eigenvalue weighted by Crippen LogP contribution is 2.29. The lowest BCUT2D eigenvalue weighted by molar-refractivity contribution is -0.124. The number of H-pyrrole nitrogens is 1. The number of carbonyl (C=O) groups excluding carboxylic acids is 1. The molecule has 3 aromatic heterocycles. The van der Waals surface area contributed by atoms with Gasteiger partial charge in [0.15, 0.2) is 12.4 Å². The molecule has 1 amide bonds. The number of hydrogen-bond donors (Lipinski definition) is 3. The van der Waals surface area contributed by atoms with Crippen molar-refractivity contribution in [1.82, 2.24) is 30.5 Å². The van der Waals surface area contributed by atoms with Gasteiger partial charge in [0.2, 0.25) is 0 Å². The van der Waals surface area contributed by atoms with E-state index in [1.807, 2.05) is 60.8 Å². The molecule has 11 heteroatoms. The maximum Gasteiger partial charge on any atom is 0.258 e. The van der Waals surface area contributed by atoms with Crippen molar-refractivity contribution >= 4 is 53.1 Å². The smallest absolute Gasteiger partial charge is 0.258 e. The van der Waals surface area contributed by atoms with Crippen LogP contribution in [0.4, 0.5) is 11.5 Å². The third-order valence-electron chi connectivity index (χ3n) is 6.91. The van der Waals surface area contributed by atoms with E-state index in [0.29, 0.717) is 17.4 Å². The average molecular weight is 593 g/mol. The molecule has 1 aliphatic rings. The van der Waals surface area contributed by atoms with Crippen LogP contribution in [-0.2, 0) is 4.79 Å². The summed E-state index contributed by atoms with van der Waals surface area (Å²) in [5, 5.41) is 14.2. The second-order valence-electron chi connectivity index (χ2n) is 9.70. The van der Waals surface area contributed by atoms with Crippen molar-refractivity contribution in [1.29, 1.82) is 0 Å². The fourth-order valence-corrected chi connectivity index (χ4v) is 4.89. The first-order chi connectivity index (χ1) is 19.2. The molecule has 0 radical (unpaired) electrons. The van der Waals surface area contributed by atoms with Gasteiger partial charge in [0.25, 0.3) is 5.91 Å². The summed E-state index contributed by atoms with van der Waals surface area (Å²) in [6, 6.07) is 17.7. The van der Waals surface area contributed by atoms with E-state index in [2.05, 4.69) is 25.8 Å². The number of ether oxygens (including phenoxy) is 1. The molecule has 3 heterocycles. The van der Waals surface area contributed by atoms with Crippen LogP contribution in [0.5, 0.6) is 5.75 Å². The van der Waals surface area contributed by atoms with E-state index in [1.165, 1.54) is 19.3 Å². The van der Waals surface area contributed by atoms with Crippen LogP contribution < -0.4 is 15.4 Å². The molecule has 6 rings (SSSR count). The standard InChI is InChI=1S/C30H29N7O2.2ClH/c38-28(34-23-6-2-1-3-7-23)19-39-25-8-4-5-21(15-25)29-36-27-18-31-14-13-26(27)30(37-29)35-24-11-9-20(10-12-24)22-16-32-33-17-22;;/h4-5,8-18,23H,1-3,6-7,19H2,(H,32,33)(H,34,38)(H,35,36,37);2*1H. The van der Waals surface area contributed by atoms with Gasteiger partial charge in [-0.1, -0.05) is 43.5 Å². The van der Waals surface area contributed by atoms with Crippen molar-refractivity contribution in [2.24, 2.45) is 0 Å². The summed E-state index contributed by atoms with van der Waals surface area (Å²) in [7, 11) is 0. The fourth-order valence-electron chi connectivity index (χ4n) is 4.89. The number of hydrogen-bond acceptors (Lipinski definition) is 7. The molecular weight excluding hydrogens is 561 g/mol. The molecule has 0 aliphatic heterocycles. The SMILES string of the molecule is Cl.Cl.O=C(COc1cccc(-c2nc(Nc3ccc(-c4cn[nH]c4)cc3)c3ccncc3n2)c1)NC1CCCCC1. The molecule has 0 spiro atoms. The molecular formula is C30H31Cl2N7O2. The largest absolute Gasteiger partial charge is 0.484 e. The maximum atomic E-state index is 12.4. The highest BCUT2D eigenvalue weighted by atomic mass is 35.5. The lowest BCUT2D eigenvalue weighted by Crippen LogP contribution is -2.38. The zero-order valence-electron chi connectivity index (χ0n) is 22.2. The molecule has 1 saturated carbocycles. The fraction of sp³-hybridized carbons (Fsp3) is 0.233. The Hall–Kier alpha value is -4.21. The Labute approximate surface area is 250 Å². The van der Waals surface area contributed by atoms with Crippen molar-refractivity contribution in [3.8, 4) is 28.3 Å². The molecule has 0 bridgehead atoms. The number of amides is 1. The minimum Gasteiger partial charge on any atom is -0.484 e. The predicted octanol–water partition coefficient (Wildman–Crippen LogP) is 6.50. The van der Waals surface area contributed by atoms with Crippen LogP contribution in [0.15, 0.2) is 79.4 Å². The van der Waals surface area contributed by atoms with Gasteiger partial charge in [-0.25, -0.2) is 9.97 Å². The van der Waals surface area contributed by atoms with Crippen molar-refractivity contribution in [2.75, 3.05) is 11.9 Å². The number of benzene rings is 2. The normalized spacial score (nSPS) is 13.1. The van der Waals surface area contributed by atoms with Gasteiger partial charge >= 0.3 is 0 Å². The van der Waals surface area contributed by atoms with Crippen LogP contribution in [0, 0.1) is 0 Å². The number of carbonyl (C=O) groups is 1. The Morgan fingerprint density at radius 1 is 0.927 bits per heavy atom. The first-order valence-electron chi connectivity index (χ1n) is 13.2. The molecule has 9 nitrogen and oxygen atoms in total. The van der Waals surface area contributed by atoms with E-state index >= 15 is 0 Å².